The normalized spacial score (nSPS) is 13.9. The molecule has 0 atom stereocenters. The summed E-state index contributed by atoms with van der Waals surface area (Å²) in [5.74, 6) is -1.44. The molecule has 0 aliphatic carbocycles. The fourth-order valence-electron chi connectivity index (χ4n) is 1.22. The number of carbonyl (C=O) groups is 1. The van der Waals surface area contributed by atoms with Crippen molar-refractivity contribution in [3.63, 3.8) is 0 Å². The van der Waals surface area contributed by atoms with E-state index >= 15 is 0 Å². The minimum Gasteiger partial charge on any atom is -0.504 e. The zero-order chi connectivity index (χ0) is 13.0. The third-order valence-corrected chi connectivity index (χ3v) is 2.08. The first-order valence-corrected chi connectivity index (χ1v) is 5.02. The number of esters is 1. The molecule has 1 aliphatic rings. The molecule has 6 heteroatoms. The molecule has 0 amide bonds. The topological polar surface area (TPSA) is 85.2 Å². The molecule has 18 heavy (non-hydrogen) atoms. The Kier molecular flexibility index (Phi) is 3.38. The highest BCUT2D eigenvalue weighted by atomic mass is 16.7. The molecule has 0 bridgehead atoms. The fraction of sp³-hybridized carbons (Fsp3) is 0.0833. The molecule has 1 aliphatic heterocycles. The van der Waals surface area contributed by atoms with Gasteiger partial charge < -0.3 is 24.4 Å². The number of benzene rings is 1. The average Bonchev–Trinajstić information content (AvgIpc) is 2.61. The lowest BCUT2D eigenvalue weighted by Gasteiger charge is -2.08. The molecule has 6 nitrogen and oxygen atoms in total. The van der Waals surface area contributed by atoms with Gasteiger partial charge in [-0.15, -0.1) is 0 Å². The maximum atomic E-state index is 11.7. The molecule has 1 aromatic carbocycles. The van der Waals surface area contributed by atoms with Crippen LogP contribution in [0.1, 0.15) is 10.4 Å². The van der Waals surface area contributed by atoms with Gasteiger partial charge in [-0.1, -0.05) is 0 Å². The van der Waals surface area contributed by atoms with Crippen molar-refractivity contribution in [2.24, 2.45) is 0 Å². The minimum atomic E-state index is -0.716. The fourth-order valence-corrected chi connectivity index (χ4v) is 1.22. The van der Waals surface area contributed by atoms with E-state index in [1.54, 1.807) is 0 Å². The first kappa shape index (κ1) is 11.8. The van der Waals surface area contributed by atoms with Crippen molar-refractivity contribution in [2.75, 3.05) is 6.79 Å². The molecule has 94 valence electrons. The van der Waals surface area contributed by atoms with Gasteiger partial charge in [0.2, 0.25) is 6.79 Å². The summed E-state index contributed by atoms with van der Waals surface area (Å²) >= 11 is 0. The van der Waals surface area contributed by atoms with Gasteiger partial charge in [0.1, 0.15) is 0 Å². The number of allylic oxidation sites excluding steroid dienone is 2. The SMILES string of the molecule is O=C(OC1=CC=COCO1)c1ccc(O)c(O)c1. The molecule has 0 unspecified atom stereocenters. The summed E-state index contributed by atoms with van der Waals surface area (Å²) in [6.07, 6.45) is 4.34. The molecule has 0 saturated heterocycles. The van der Waals surface area contributed by atoms with Gasteiger partial charge in [0, 0.05) is 6.08 Å². The zero-order valence-corrected chi connectivity index (χ0v) is 9.20. The molecule has 2 N–H and O–H groups in total. The molecule has 2 rings (SSSR count). The van der Waals surface area contributed by atoms with E-state index in [1.165, 1.54) is 30.5 Å². The summed E-state index contributed by atoms with van der Waals surface area (Å²) < 4.78 is 14.7. The Morgan fingerprint density at radius 3 is 2.89 bits per heavy atom. The third kappa shape index (κ3) is 2.73. The molecular formula is C12H10O6. The Balaban J connectivity index is 2.09. The van der Waals surface area contributed by atoms with Crippen molar-refractivity contribution in [1.82, 2.24) is 0 Å². The van der Waals surface area contributed by atoms with Crippen LogP contribution >= 0.6 is 0 Å². The highest BCUT2D eigenvalue weighted by molar-refractivity contribution is 5.90. The van der Waals surface area contributed by atoms with Gasteiger partial charge in [0.05, 0.1) is 11.8 Å². The summed E-state index contributed by atoms with van der Waals surface area (Å²) in [6.45, 7) is -0.0591. The van der Waals surface area contributed by atoms with Crippen molar-refractivity contribution in [3.8, 4) is 11.5 Å². The van der Waals surface area contributed by atoms with Crippen LogP contribution in [0.5, 0.6) is 11.5 Å². The third-order valence-electron chi connectivity index (χ3n) is 2.08. The minimum absolute atomic E-state index is 0.0127. The molecular weight excluding hydrogens is 240 g/mol. The second-order valence-corrected chi connectivity index (χ2v) is 3.34. The van der Waals surface area contributed by atoms with Crippen LogP contribution in [0.2, 0.25) is 0 Å². The number of phenols is 2. The number of aromatic hydroxyl groups is 2. The Morgan fingerprint density at radius 2 is 2.11 bits per heavy atom. The molecule has 0 fully saturated rings. The summed E-state index contributed by atoms with van der Waals surface area (Å²) in [6, 6.07) is 3.61. The predicted molar refractivity (Wildman–Crippen MR) is 59.4 cm³/mol. The quantitative estimate of drug-likeness (QED) is 0.612. The van der Waals surface area contributed by atoms with Crippen LogP contribution in [-0.2, 0) is 14.2 Å². The Morgan fingerprint density at radius 1 is 1.28 bits per heavy atom. The zero-order valence-electron chi connectivity index (χ0n) is 9.20. The maximum Gasteiger partial charge on any atom is 0.346 e. The molecule has 0 spiro atoms. The van der Waals surface area contributed by atoms with E-state index in [9.17, 15) is 9.90 Å². The lowest BCUT2D eigenvalue weighted by molar-refractivity contribution is -0.0293. The molecule has 0 radical (unpaired) electrons. The van der Waals surface area contributed by atoms with E-state index in [0.29, 0.717) is 0 Å². The first-order chi connectivity index (χ1) is 8.66. The van der Waals surface area contributed by atoms with Crippen LogP contribution in [0.4, 0.5) is 0 Å². The predicted octanol–water partition coefficient (Wildman–Crippen LogP) is 1.61. The van der Waals surface area contributed by atoms with Gasteiger partial charge in [-0.25, -0.2) is 4.79 Å². The Labute approximate surface area is 102 Å². The van der Waals surface area contributed by atoms with Crippen LogP contribution in [0.15, 0.2) is 42.6 Å². The lowest BCUT2D eigenvalue weighted by atomic mass is 10.2. The van der Waals surface area contributed by atoms with Crippen molar-refractivity contribution < 1.29 is 29.2 Å². The van der Waals surface area contributed by atoms with Crippen LogP contribution in [-0.4, -0.2) is 23.0 Å². The van der Waals surface area contributed by atoms with Crippen LogP contribution in [0, 0.1) is 0 Å². The molecule has 1 aromatic rings. The van der Waals surface area contributed by atoms with E-state index in [2.05, 4.69) is 0 Å². The monoisotopic (exact) mass is 250 g/mol. The van der Waals surface area contributed by atoms with Gasteiger partial charge in [-0.2, -0.15) is 0 Å². The van der Waals surface area contributed by atoms with Gasteiger partial charge in [-0.05, 0) is 24.3 Å². The van der Waals surface area contributed by atoms with Crippen molar-refractivity contribution >= 4 is 5.97 Å². The van der Waals surface area contributed by atoms with Gasteiger partial charge in [0.25, 0.3) is 5.95 Å². The van der Waals surface area contributed by atoms with Crippen LogP contribution < -0.4 is 0 Å². The van der Waals surface area contributed by atoms with Gasteiger partial charge in [-0.3, -0.25) is 0 Å². The second-order valence-electron chi connectivity index (χ2n) is 3.34. The summed E-state index contributed by atoms with van der Waals surface area (Å²) in [5, 5.41) is 18.4. The second kappa shape index (κ2) is 5.13. The van der Waals surface area contributed by atoms with E-state index in [0.717, 1.165) is 6.07 Å². The summed E-state index contributed by atoms with van der Waals surface area (Å²) in [5.41, 5.74) is 0.0870. The van der Waals surface area contributed by atoms with E-state index in [1.807, 2.05) is 0 Å². The van der Waals surface area contributed by atoms with Crippen molar-refractivity contribution in [1.29, 1.82) is 0 Å². The molecule has 0 saturated carbocycles. The standard InChI is InChI=1S/C12H10O6/c13-9-4-3-8(6-10(9)14)12(15)18-11-2-1-5-16-7-17-11/h1-6,13-14H,7H2. The van der Waals surface area contributed by atoms with Crippen molar-refractivity contribution in [3.05, 3.63) is 48.1 Å². The van der Waals surface area contributed by atoms with E-state index in [4.69, 9.17) is 19.3 Å². The number of phenolic OH excluding ortho intramolecular Hbond substituents is 2. The maximum absolute atomic E-state index is 11.7. The smallest absolute Gasteiger partial charge is 0.346 e. The van der Waals surface area contributed by atoms with Gasteiger partial charge in [0.15, 0.2) is 11.5 Å². The number of ether oxygens (including phenoxy) is 3. The van der Waals surface area contributed by atoms with Crippen molar-refractivity contribution in [2.45, 2.75) is 0 Å². The summed E-state index contributed by atoms with van der Waals surface area (Å²) in [4.78, 5) is 11.7. The molecule has 1 heterocycles. The Bertz CT molecular complexity index is 517. The highest BCUT2D eigenvalue weighted by Crippen LogP contribution is 2.25. The lowest BCUT2D eigenvalue weighted by Crippen LogP contribution is -2.07. The van der Waals surface area contributed by atoms with Crippen LogP contribution in [0.25, 0.3) is 0 Å². The van der Waals surface area contributed by atoms with Crippen LogP contribution in [0.3, 0.4) is 0 Å². The average molecular weight is 250 g/mol. The number of rotatable bonds is 2. The Hall–Kier alpha value is -2.63. The van der Waals surface area contributed by atoms with E-state index < -0.39 is 11.7 Å². The first-order valence-electron chi connectivity index (χ1n) is 5.02. The highest BCUT2D eigenvalue weighted by Gasteiger charge is 2.13. The number of hydrogen-bond donors (Lipinski definition) is 2. The van der Waals surface area contributed by atoms with E-state index in [-0.39, 0.29) is 24.1 Å². The largest absolute Gasteiger partial charge is 0.504 e. The van der Waals surface area contributed by atoms with Gasteiger partial charge >= 0.3 is 5.97 Å². The summed E-state index contributed by atoms with van der Waals surface area (Å²) in [7, 11) is 0. The number of hydrogen-bond acceptors (Lipinski definition) is 6. The number of carbonyl (C=O) groups excluding carboxylic acids is 1. The molecule has 0 aromatic heterocycles.